The molecule has 2 rings (SSSR count). The minimum atomic E-state index is -0.271. The van der Waals surface area contributed by atoms with E-state index in [9.17, 15) is 9.18 Å². The van der Waals surface area contributed by atoms with Crippen molar-refractivity contribution in [1.29, 1.82) is 0 Å². The molecule has 0 heterocycles. The van der Waals surface area contributed by atoms with Crippen molar-refractivity contribution in [2.45, 2.75) is 13.1 Å². The molecule has 7 heteroatoms. The molecule has 1 amide bonds. The molecule has 3 N–H and O–H groups in total. The lowest BCUT2D eigenvalue weighted by Crippen LogP contribution is -3.06. The summed E-state index contributed by atoms with van der Waals surface area (Å²) in [7, 11) is 4.06. The Hall–Kier alpha value is -2.51. The molecule has 0 radical (unpaired) electrons. The van der Waals surface area contributed by atoms with E-state index in [0.717, 1.165) is 12.1 Å². The molecule has 0 aromatic heterocycles. The third-order valence-electron chi connectivity index (χ3n) is 4.17. The largest absolute Gasteiger partial charge is 0.353 e. The first-order valence-corrected chi connectivity index (χ1v) is 9.72. The van der Waals surface area contributed by atoms with E-state index in [0.29, 0.717) is 30.3 Å². The maximum atomic E-state index is 14.1. The third kappa shape index (κ3) is 7.62. The number of nitrogens with zero attached hydrogens (tertiary/aromatic N) is 1. The van der Waals surface area contributed by atoms with Crippen molar-refractivity contribution in [1.82, 2.24) is 15.5 Å². The molecule has 0 fully saturated rings. The van der Waals surface area contributed by atoms with Crippen LogP contribution in [0, 0.1) is 5.82 Å². The molecule has 2 aromatic carbocycles. The van der Waals surface area contributed by atoms with E-state index in [1.807, 2.05) is 49.3 Å². The van der Waals surface area contributed by atoms with Crippen LogP contribution in [0.1, 0.15) is 11.1 Å². The summed E-state index contributed by atoms with van der Waals surface area (Å²) in [5, 5.41) is 6.27. The summed E-state index contributed by atoms with van der Waals surface area (Å²) in [6, 6.07) is 16.5. The Labute approximate surface area is 171 Å². The van der Waals surface area contributed by atoms with Gasteiger partial charge in [-0.15, -0.1) is 0 Å². The minimum absolute atomic E-state index is 0.0875. The lowest BCUT2D eigenvalue weighted by Gasteiger charge is -2.26. The number of hydrogen-bond acceptors (Lipinski definition) is 2. The number of hydrogen-bond donors (Lipinski definition) is 3. The molecule has 2 aromatic rings. The van der Waals surface area contributed by atoms with Gasteiger partial charge in [-0.2, -0.15) is 0 Å². The highest BCUT2D eigenvalue weighted by Gasteiger charge is 2.14. The van der Waals surface area contributed by atoms with Gasteiger partial charge in [0.2, 0.25) is 5.91 Å². The van der Waals surface area contributed by atoms with Crippen LogP contribution in [-0.4, -0.2) is 49.6 Å². The van der Waals surface area contributed by atoms with Crippen molar-refractivity contribution >= 4 is 23.2 Å². The number of benzene rings is 2. The van der Waals surface area contributed by atoms with E-state index in [4.69, 9.17) is 12.2 Å². The smallest absolute Gasteiger partial charge is 0.239 e. The fourth-order valence-electron chi connectivity index (χ4n) is 2.62. The molecule has 0 aliphatic carbocycles. The molecular formula is C21H28FN4OS+. The van der Waals surface area contributed by atoms with Crippen molar-refractivity contribution < 1.29 is 14.1 Å². The van der Waals surface area contributed by atoms with E-state index in [-0.39, 0.29) is 18.3 Å². The van der Waals surface area contributed by atoms with Crippen LogP contribution in [0.5, 0.6) is 0 Å². The van der Waals surface area contributed by atoms with Gasteiger partial charge in [-0.05, 0) is 23.8 Å². The average molecular weight is 404 g/mol. The zero-order chi connectivity index (χ0) is 20.4. The van der Waals surface area contributed by atoms with Gasteiger partial charge < -0.3 is 20.4 Å². The zero-order valence-corrected chi connectivity index (χ0v) is 17.2. The summed E-state index contributed by atoms with van der Waals surface area (Å²) in [5.41, 5.74) is 1.61. The summed E-state index contributed by atoms with van der Waals surface area (Å²) in [6.45, 7) is 2.39. The van der Waals surface area contributed by atoms with Crippen molar-refractivity contribution in [3.8, 4) is 0 Å². The first-order chi connectivity index (χ1) is 13.5. The number of halogens is 1. The summed E-state index contributed by atoms with van der Waals surface area (Å²) in [5.74, 6) is -0.388. The van der Waals surface area contributed by atoms with Crippen molar-refractivity contribution in [2.75, 3.05) is 33.7 Å². The Morgan fingerprint density at radius 3 is 2.39 bits per heavy atom. The first-order valence-electron chi connectivity index (χ1n) is 9.31. The molecule has 28 heavy (non-hydrogen) atoms. The van der Waals surface area contributed by atoms with Crippen LogP contribution in [0.3, 0.4) is 0 Å². The summed E-state index contributed by atoms with van der Waals surface area (Å²) in [6.07, 6.45) is 0. The molecule has 0 saturated carbocycles. The van der Waals surface area contributed by atoms with Crippen LogP contribution in [0.25, 0.3) is 0 Å². The maximum absolute atomic E-state index is 14.1. The van der Waals surface area contributed by atoms with E-state index >= 15 is 0 Å². The molecule has 0 saturated heterocycles. The number of carbonyl (C=O) groups excluding carboxylic acids is 1. The lowest BCUT2D eigenvalue weighted by molar-refractivity contribution is -0.856. The Kier molecular flexibility index (Phi) is 8.84. The second kappa shape index (κ2) is 11.4. The van der Waals surface area contributed by atoms with Crippen LogP contribution in [0.2, 0.25) is 0 Å². The van der Waals surface area contributed by atoms with Gasteiger partial charge >= 0.3 is 0 Å². The summed E-state index contributed by atoms with van der Waals surface area (Å²) < 4.78 is 14.1. The fourth-order valence-corrected chi connectivity index (χ4v) is 2.82. The second-order valence-corrected chi connectivity index (χ2v) is 7.29. The Balaban J connectivity index is 1.98. The summed E-state index contributed by atoms with van der Waals surface area (Å²) in [4.78, 5) is 15.1. The standard InChI is InChI=1S/C21H27FN4OS/c1-25(2)13-12-23-20(27)14-24-21(28)26(15-17-8-4-3-5-9-17)16-18-10-6-7-11-19(18)22/h3-11H,12-16H2,1-2H3,(H,23,27)(H,24,28)/p+1. The van der Waals surface area contributed by atoms with Gasteiger partial charge in [-0.3, -0.25) is 4.79 Å². The highest BCUT2D eigenvalue weighted by Crippen LogP contribution is 2.13. The fraction of sp³-hybridized carbons (Fsp3) is 0.333. The number of carbonyl (C=O) groups is 1. The average Bonchev–Trinajstić information content (AvgIpc) is 2.67. The predicted molar refractivity (Wildman–Crippen MR) is 113 cm³/mol. The maximum Gasteiger partial charge on any atom is 0.239 e. The molecule has 0 atom stereocenters. The molecule has 0 bridgehead atoms. The Bertz CT molecular complexity index is 770. The van der Waals surface area contributed by atoms with Crippen molar-refractivity contribution in [3.63, 3.8) is 0 Å². The third-order valence-corrected chi connectivity index (χ3v) is 4.57. The molecule has 5 nitrogen and oxygen atoms in total. The van der Waals surface area contributed by atoms with E-state index < -0.39 is 0 Å². The normalized spacial score (nSPS) is 10.6. The first kappa shape index (κ1) is 21.8. The minimum Gasteiger partial charge on any atom is -0.353 e. The molecular weight excluding hydrogens is 375 g/mol. The highest BCUT2D eigenvalue weighted by atomic mass is 32.1. The van der Waals surface area contributed by atoms with Gasteiger partial charge in [0.25, 0.3) is 0 Å². The number of amides is 1. The Morgan fingerprint density at radius 2 is 1.71 bits per heavy atom. The molecule has 0 aliphatic heterocycles. The van der Waals surface area contributed by atoms with Crippen LogP contribution in [0.15, 0.2) is 54.6 Å². The van der Waals surface area contributed by atoms with Gasteiger partial charge in [-0.25, -0.2) is 4.39 Å². The lowest BCUT2D eigenvalue weighted by atomic mass is 10.1. The number of likely N-dealkylation sites (N-methyl/N-ethyl adjacent to an activating group) is 1. The van der Waals surface area contributed by atoms with E-state index in [1.165, 1.54) is 11.0 Å². The van der Waals surface area contributed by atoms with Crippen LogP contribution >= 0.6 is 12.2 Å². The zero-order valence-electron chi connectivity index (χ0n) is 16.4. The molecule has 0 unspecified atom stereocenters. The van der Waals surface area contributed by atoms with Crippen LogP contribution in [-0.2, 0) is 17.9 Å². The second-order valence-electron chi connectivity index (χ2n) is 6.90. The SMILES string of the molecule is C[NH+](C)CCNC(=O)CNC(=S)N(Cc1ccccc1)Cc1ccccc1F. The van der Waals surface area contributed by atoms with Gasteiger partial charge in [-0.1, -0.05) is 48.5 Å². The summed E-state index contributed by atoms with van der Waals surface area (Å²) >= 11 is 5.50. The quantitative estimate of drug-likeness (QED) is 0.546. The van der Waals surface area contributed by atoms with Crippen molar-refractivity contribution in [3.05, 3.63) is 71.5 Å². The van der Waals surface area contributed by atoms with E-state index in [2.05, 4.69) is 10.6 Å². The number of quaternary nitrogens is 1. The van der Waals surface area contributed by atoms with Crippen molar-refractivity contribution in [2.24, 2.45) is 0 Å². The topological polar surface area (TPSA) is 48.8 Å². The van der Waals surface area contributed by atoms with Crippen LogP contribution in [0.4, 0.5) is 4.39 Å². The molecule has 0 spiro atoms. The molecule has 0 aliphatic rings. The van der Waals surface area contributed by atoms with Gasteiger partial charge in [0.15, 0.2) is 5.11 Å². The molecule has 150 valence electrons. The number of nitrogens with one attached hydrogen (secondary N) is 3. The van der Waals surface area contributed by atoms with Gasteiger partial charge in [0.1, 0.15) is 5.82 Å². The van der Waals surface area contributed by atoms with E-state index in [1.54, 1.807) is 18.2 Å². The van der Waals surface area contributed by atoms with Crippen LogP contribution < -0.4 is 15.5 Å². The Morgan fingerprint density at radius 1 is 1.04 bits per heavy atom. The highest BCUT2D eigenvalue weighted by molar-refractivity contribution is 7.80. The predicted octanol–water partition coefficient (Wildman–Crippen LogP) is 0.963. The monoisotopic (exact) mass is 403 g/mol. The van der Waals surface area contributed by atoms with Gasteiger partial charge in [0.05, 0.1) is 33.7 Å². The van der Waals surface area contributed by atoms with Gasteiger partial charge in [0, 0.05) is 18.7 Å². The number of thiocarbonyl (C=S) groups is 1. The number of rotatable bonds is 9.